The van der Waals surface area contributed by atoms with E-state index in [1.807, 2.05) is 29.0 Å². The number of piperidine rings is 2. The fourth-order valence-corrected chi connectivity index (χ4v) is 11.4. The van der Waals surface area contributed by atoms with Gasteiger partial charge in [0.25, 0.3) is 5.91 Å². The van der Waals surface area contributed by atoms with Crippen molar-refractivity contribution >= 4 is 56.1 Å². The molecule has 14 nitrogen and oxygen atoms in total. The summed E-state index contributed by atoms with van der Waals surface area (Å²) in [4.78, 5) is 65.0. The number of carbonyl (C=O) groups excluding carboxylic acids is 4. The lowest BCUT2D eigenvalue weighted by Gasteiger charge is -2.39. The Labute approximate surface area is 373 Å². The molecule has 1 unspecified atom stereocenters. The molecular formula is C47H47F3N8O6S. The van der Waals surface area contributed by atoms with Crippen LogP contribution in [0.4, 0.5) is 24.5 Å². The Bertz CT molecular complexity index is 2870. The van der Waals surface area contributed by atoms with Gasteiger partial charge in [-0.3, -0.25) is 29.2 Å². The van der Waals surface area contributed by atoms with Crippen molar-refractivity contribution in [2.75, 3.05) is 55.4 Å². The Hall–Kier alpha value is -6.11. The van der Waals surface area contributed by atoms with Crippen molar-refractivity contribution in [2.24, 2.45) is 5.41 Å². The highest BCUT2D eigenvalue weighted by Crippen LogP contribution is 2.43. The van der Waals surface area contributed by atoms with Gasteiger partial charge in [-0.1, -0.05) is 24.3 Å². The molecule has 3 N–H and O–H groups in total. The molecule has 3 aromatic carbocycles. The fourth-order valence-electron chi connectivity index (χ4n) is 10.2. The first-order valence-electron chi connectivity index (χ1n) is 22.0. The Morgan fingerprint density at radius 3 is 2.46 bits per heavy atom. The number of rotatable bonds is 11. The molecular weight excluding hydrogens is 862 g/mol. The van der Waals surface area contributed by atoms with E-state index < -0.39 is 57.0 Å². The van der Waals surface area contributed by atoms with Crippen LogP contribution in [-0.2, 0) is 32.8 Å². The molecule has 2 atom stereocenters. The van der Waals surface area contributed by atoms with Gasteiger partial charge in [-0.25, -0.2) is 18.2 Å². The van der Waals surface area contributed by atoms with Gasteiger partial charge >= 0.3 is 10.2 Å². The molecule has 1 spiro atoms. The van der Waals surface area contributed by atoms with Crippen LogP contribution in [0.15, 0.2) is 73.1 Å². The average Bonchev–Trinajstić information content (AvgIpc) is 4.10. The predicted molar refractivity (Wildman–Crippen MR) is 236 cm³/mol. The Morgan fingerprint density at radius 1 is 0.923 bits per heavy atom. The number of hydrogen-bond acceptors (Lipinski definition) is 9. The molecule has 4 fully saturated rings. The van der Waals surface area contributed by atoms with Gasteiger partial charge in [-0.2, -0.15) is 12.7 Å². The number of imide groups is 1. The maximum absolute atomic E-state index is 15.8. The number of fused-ring (bicyclic) bond motifs is 2. The maximum atomic E-state index is 15.8. The average molecular weight is 909 g/mol. The normalized spacial score (nSPS) is 21.4. The number of halogens is 3. The summed E-state index contributed by atoms with van der Waals surface area (Å²) in [5.74, 6) is -4.42. The molecule has 4 saturated heterocycles. The Kier molecular flexibility index (Phi) is 11.0. The van der Waals surface area contributed by atoms with E-state index >= 15 is 8.78 Å². The van der Waals surface area contributed by atoms with Gasteiger partial charge < -0.3 is 19.7 Å². The minimum atomic E-state index is -4.35. The van der Waals surface area contributed by atoms with Crippen molar-refractivity contribution in [3.8, 4) is 11.1 Å². The topological polar surface area (TPSA) is 168 Å². The highest BCUT2D eigenvalue weighted by molar-refractivity contribution is 7.90. The SMILES string of the molecule is O=C1CCC(N2Cc3cc(N4CCC5(CCN(CCc6ccc(-c7cnc8[nH]cc(C(=O)c9c(F)ccc(NS(=O)(=O)N%10CC[C@@H](F)C%10)c9F)c8c7)cc6)CC5)C4)ccc3C2=O)C(=O)N1. The first-order chi connectivity index (χ1) is 31.2. The van der Waals surface area contributed by atoms with E-state index in [9.17, 15) is 32.0 Å². The van der Waals surface area contributed by atoms with Crippen LogP contribution >= 0.6 is 0 Å². The van der Waals surface area contributed by atoms with E-state index in [1.54, 1.807) is 17.2 Å². The lowest BCUT2D eigenvalue weighted by molar-refractivity contribution is -0.136. The summed E-state index contributed by atoms with van der Waals surface area (Å²) in [5.41, 5.74) is 4.27. The molecule has 5 aromatic rings. The van der Waals surface area contributed by atoms with Crippen LogP contribution in [0.2, 0.25) is 0 Å². The third-order valence-corrected chi connectivity index (χ3v) is 15.5. The van der Waals surface area contributed by atoms with Gasteiger partial charge in [0.2, 0.25) is 17.6 Å². The number of ketones is 1. The molecule has 0 radical (unpaired) electrons. The van der Waals surface area contributed by atoms with Crippen LogP contribution in [0.1, 0.15) is 75.9 Å². The third-order valence-electron chi connectivity index (χ3n) is 14.0. The van der Waals surface area contributed by atoms with Crippen molar-refractivity contribution in [1.29, 1.82) is 0 Å². The van der Waals surface area contributed by atoms with Crippen molar-refractivity contribution in [3.63, 3.8) is 0 Å². The second-order valence-corrected chi connectivity index (χ2v) is 19.7. The summed E-state index contributed by atoms with van der Waals surface area (Å²) in [6.45, 7) is 4.70. The second kappa shape index (κ2) is 16.7. The van der Waals surface area contributed by atoms with Crippen LogP contribution in [0.25, 0.3) is 22.2 Å². The van der Waals surface area contributed by atoms with Crippen molar-refractivity contribution in [1.82, 2.24) is 29.4 Å². The van der Waals surface area contributed by atoms with E-state index in [2.05, 4.69) is 43.3 Å². The zero-order valence-corrected chi connectivity index (χ0v) is 36.2. The van der Waals surface area contributed by atoms with E-state index in [4.69, 9.17) is 0 Å². The van der Waals surface area contributed by atoms with Crippen molar-refractivity contribution < 1.29 is 40.8 Å². The van der Waals surface area contributed by atoms with E-state index in [0.29, 0.717) is 35.1 Å². The predicted octanol–water partition coefficient (Wildman–Crippen LogP) is 5.74. The Balaban J connectivity index is 0.743. The number of pyridine rings is 1. The summed E-state index contributed by atoms with van der Waals surface area (Å²) >= 11 is 0. The number of carbonyl (C=O) groups is 4. The van der Waals surface area contributed by atoms with Gasteiger partial charge in [0.05, 0.1) is 11.3 Å². The second-order valence-electron chi connectivity index (χ2n) is 18.0. The number of nitrogens with one attached hydrogen (secondary N) is 3. The van der Waals surface area contributed by atoms with Gasteiger partial charge in [0.15, 0.2) is 5.82 Å². The zero-order valence-electron chi connectivity index (χ0n) is 35.4. The van der Waals surface area contributed by atoms with Gasteiger partial charge in [0, 0.05) is 85.8 Å². The number of alkyl halides is 1. The minimum absolute atomic E-state index is 0.00378. The number of aromatic nitrogens is 2. The lowest BCUT2D eigenvalue weighted by Crippen LogP contribution is -2.52. The van der Waals surface area contributed by atoms with E-state index in [1.165, 1.54) is 6.20 Å². The number of likely N-dealkylation sites (tertiary alicyclic amines) is 1. The third kappa shape index (κ3) is 8.16. The van der Waals surface area contributed by atoms with Gasteiger partial charge in [0.1, 0.15) is 23.7 Å². The van der Waals surface area contributed by atoms with Crippen LogP contribution < -0.4 is 14.9 Å². The van der Waals surface area contributed by atoms with Crippen LogP contribution in [0, 0.1) is 17.0 Å². The standard InChI is InChI=1S/C47H47F3N8O6S/c48-32-12-17-57(26-32)65(63,64)54-38-8-7-37(49)41(42(38)50)43(60)36-24-52-44-35(36)22-30(23-51-44)29-3-1-28(2-4-29)11-16-55-18-13-47(14-19-55)15-20-56(27-47)33-5-6-34-31(21-33)25-58(46(34)62)39-9-10-40(59)53-45(39)61/h1-8,21-24,32,39,54H,9-20,25-27H2,(H,51,52)(H,53,59,61)/t32-,39?/m1/s1. The van der Waals surface area contributed by atoms with Crippen LogP contribution in [0.5, 0.6) is 0 Å². The maximum Gasteiger partial charge on any atom is 0.301 e. The molecule has 10 rings (SSSR count). The molecule has 0 aliphatic carbocycles. The van der Waals surface area contributed by atoms with Crippen LogP contribution in [-0.4, -0.2) is 114 Å². The van der Waals surface area contributed by atoms with E-state index in [0.717, 1.165) is 97.2 Å². The molecule has 0 saturated carbocycles. The summed E-state index contributed by atoms with van der Waals surface area (Å²) < 4.78 is 73.1. The Morgan fingerprint density at radius 2 is 1.71 bits per heavy atom. The van der Waals surface area contributed by atoms with E-state index in [-0.39, 0.29) is 48.7 Å². The first kappa shape index (κ1) is 42.8. The number of aromatic amines is 1. The molecule has 3 amide bonds. The highest BCUT2D eigenvalue weighted by Gasteiger charge is 2.42. The highest BCUT2D eigenvalue weighted by atomic mass is 32.2. The minimum Gasteiger partial charge on any atom is -0.371 e. The van der Waals surface area contributed by atoms with Gasteiger partial charge in [-0.15, -0.1) is 0 Å². The summed E-state index contributed by atoms with van der Waals surface area (Å²) in [7, 11) is -4.35. The molecule has 5 aliphatic heterocycles. The largest absolute Gasteiger partial charge is 0.371 e. The first-order valence-corrected chi connectivity index (χ1v) is 23.4. The molecule has 338 valence electrons. The molecule has 65 heavy (non-hydrogen) atoms. The number of anilines is 2. The summed E-state index contributed by atoms with van der Waals surface area (Å²) in [6, 6.07) is 16.9. The monoisotopic (exact) mass is 908 g/mol. The quantitative estimate of drug-likeness (QED) is 0.111. The number of amides is 3. The summed E-state index contributed by atoms with van der Waals surface area (Å²) in [6.07, 6.45) is 6.34. The lowest BCUT2D eigenvalue weighted by atomic mass is 9.77. The molecule has 2 aromatic heterocycles. The van der Waals surface area contributed by atoms with Crippen LogP contribution in [0.3, 0.4) is 0 Å². The molecule has 0 bridgehead atoms. The number of H-pyrrole nitrogens is 1. The summed E-state index contributed by atoms with van der Waals surface area (Å²) in [5, 5.41) is 2.70. The molecule has 5 aliphatic rings. The van der Waals surface area contributed by atoms with Crippen molar-refractivity contribution in [3.05, 3.63) is 113 Å². The number of nitrogens with zero attached hydrogens (tertiary/aromatic N) is 5. The molecule has 7 heterocycles. The zero-order chi connectivity index (χ0) is 45.2. The van der Waals surface area contributed by atoms with Crippen molar-refractivity contribution in [2.45, 2.75) is 63.7 Å². The molecule has 18 heteroatoms. The number of hydrogen-bond donors (Lipinski definition) is 3. The fraction of sp³-hybridized carbons (Fsp3) is 0.383. The smallest absolute Gasteiger partial charge is 0.301 e. The number of benzene rings is 3. The van der Waals surface area contributed by atoms with Gasteiger partial charge in [-0.05, 0) is 110 Å².